The molecule has 1 aliphatic rings. The van der Waals surface area contributed by atoms with Crippen molar-refractivity contribution in [1.82, 2.24) is 4.57 Å². The van der Waals surface area contributed by atoms with Crippen molar-refractivity contribution >= 4 is 71.6 Å². The lowest BCUT2D eigenvalue weighted by Gasteiger charge is -2.32. The number of anilines is 3. The van der Waals surface area contributed by atoms with E-state index >= 15 is 0 Å². The fourth-order valence-corrected chi connectivity index (χ4v) is 10.7. The lowest BCUT2D eigenvalue weighted by atomic mass is 9.73. The highest BCUT2D eigenvalue weighted by molar-refractivity contribution is 6.23. The number of furan rings is 1. The smallest absolute Gasteiger partial charge is 0.160 e. The van der Waals surface area contributed by atoms with E-state index in [0.717, 1.165) is 57.7 Å². The van der Waals surface area contributed by atoms with Crippen molar-refractivity contribution in [1.29, 1.82) is 0 Å². The molecule has 2 aromatic heterocycles. The van der Waals surface area contributed by atoms with Crippen molar-refractivity contribution in [3.63, 3.8) is 0 Å². The molecule has 0 bridgehead atoms. The third-order valence-electron chi connectivity index (χ3n) is 13.5. The van der Waals surface area contributed by atoms with Crippen molar-refractivity contribution in [2.45, 2.75) is 32.1 Å². The molecular formula is C57H42N2O. The van der Waals surface area contributed by atoms with Gasteiger partial charge in [-0.2, -0.15) is 0 Å². The molecule has 0 unspecified atom stereocenters. The van der Waals surface area contributed by atoms with Crippen LogP contribution in [-0.2, 0) is 5.41 Å². The molecule has 11 aromatic rings. The average Bonchev–Trinajstić information content (AvgIpc) is 3.97. The molecule has 0 amide bonds. The van der Waals surface area contributed by atoms with Gasteiger partial charge >= 0.3 is 0 Å². The number of hydrogen-bond donors (Lipinski definition) is 0. The first-order valence-corrected chi connectivity index (χ1v) is 21.2. The van der Waals surface area contributed by atoms with Gasteiger partial charge < -0.3 is 13.9 Å². The fourth-order valence-electron chi connectivity index (χ4n) is 10.7. The summed E-state index contributed by atoms with van der Waals surface area (Å²) in [4.78, 5) is 2.49. The van der Waals surface area contributed by atoms with Crippen LogP contribution in [0.4, 0.5) is 17.1 Å². The molecule has 0 saturated carbocycles. The lowest BCUT2D eigenvalue weighted by Crippen LogP contribution is -2.23. The maximum atomic E-state index is 7.22. The molecule has 3 heteroatoms. The Hall–Kier alpha value is -7.36. The molecule has 1 aliphatic carbocycles. The maximum absolute atomic E-state index is 7.22. The molecule has 9 aromatic carbocycles. The van der Waals surface area contributed by atoms with Crippen molar-refractivity contribution in [2.75, 3.05) is 4.90 Å². The maximum Gasteiger partial charge on any atom is 0.160 e. The van der Waals surface area contributed by atoms with Crippen LogP contribution in [0.3, 0.4) is 0 Å². The van der Waals surface area contributed by atoms with Gasteiger partial charge in [0.15, 0.2) is 5.58 Å². The van der Waals surface area contributed by atoms with Crippen LogP contribution in [0.5, 0.6) is 0 Å². The Morgan fingerprint density at radius 1 is 0.483 bits per heavy atom. The number of fused-ring (bicyclic) bond motifs is 12. The number of benzene rings is 9. The van der Waals surface area contributed by atoms with E-state index in [-0.39, 0.29) is 5.41 Å². The number of rotatable bonds is 7. The van der Waals surface area contributed by atoms with E-state index in [4.69, 9.17) is 4.42 Å². The van der Waals surface area contributed by atoms with E-state index in [1.807, 2.05) is 0 Å². The zero-order valence-electron chi connectivity index (χ0n) is 33.7. The summed E-state index contributed by atoms with van der Waals surface area (Å²) in [6.07, 6.45) is 1.96. The number of aromatic nitrogens is 1. The van der Waals surface area contributed by atoms with Gasteiger partial charge in [-0.15, -0.1) is 0 Å². The summed E-state index contributed by atoms with van der Waals surface area (Å²) in [6.45, 7) is 4.74. The predicted molar refractivity (Wildman–Crippen MR) is 252 cm³/mol. The highest BCUT2D eigenvalue weighted by Crippen LogP contribution is 2.60. The molecule has 286 valence electrons. The normalized spacial score (nSPS) is 13.1. The topological polar surface area (TPSA) is 21.3 Å². The second kappa shape index (κ2) is 13.3. The van der Waals surface area contributed by atoms with Gasteiger partial charge in [0.05, 0.1) is 22.4 Å². The van der Waals surface area contributed by atoms with Gasteiger partial charge in [0.1, 0.15) is 5.58 Å². The van der Waals surface area contributed by atoms with E-state index in [0.29, 0.717) is 0 Å². The number of nitrogens with zero attached hydrogens (tertiary/aromatic N) is 2. The summed E-state index contributed by atoms with van der Waals surface area (Å²) in [5, 5.41) is 7.29. The Morgan fingerprint density at radius 3 is 1.92 bits per heavy atom. The Morgan fingerprint density at radius 2 is 1.13 bits per heavy atom. The minimum absolute atomic E-state index is 0.186. The van der Waals surface area contributed by atoms with E-state index in [1.165, 1.54) is 65.8 Å². The van der Waals surface area contributed by atoms with E-state index in [9.17, 15) is 0 Å². The van der Waals surface area contributed by atoms with Crippen LogP contribution < -0.4 is 4.90 Å². The van der Waals surface area contributed by atoms with Crippen molar-refractivity contribution in [3.05, 3.63) is 205 Å². The summed E-state index contributed by atoms with van der Waals surface area (Å²) in [5.74, 6) is 0. The number of para-hydroxylation sites is 3. The van der Waals surface area contributed by atoms with Gasteiger partial charge in [-0.1, -0.05) is 153 Å². The molecular weight excluding hydrogens is 729 g/mol. The largest absolute Gasteiger partial charge is 0.454 e. The van der Waals surface area contributed by atoms with Crippen LogP contribution in [0.2, 0.25) is 0 Å². The van der Waals surface area contributed by atoms with Crippen LogP contribution in [0, 0.1) is 0 Å². The molecule has 0 N–H and O–H groups in total. The van der Waals surface area contributed by atoms with Crippen LogP contribution in [0.1, 0.15) is 37.8 Å². The van der Waals surface area contributed by atoms with Gasteiger partial charge in [-0.3, -0.25) is 0 Å². The third kappa shape index (κ3) is 4.84. The van der Waals surface area contributed by atoms with Crippen molar-refractivity contribution in [3.8, 4) is 27.9 Å². The standard InChI is InChI=1S/C57H42N2O/c1-3-57(4-2)45-35-32-39-20-11-12-23-42(39)52(45)55-46(57)36-50(56-54(55)44-25-14-16-29-51(44)60-56)59(41-33-30-38(31-34-41)37-18-7-5-8-19-37)49-28-17-27-48-53(49)43-24-13-15-26-47(43)58(48)40-21-9-6-10-22-40/h5-36H,3-4H2,1-2H3. The summed E-state index contributed by atoms with van der Waals surface area (Å²) >= 11 is 0. The van der Waals surface area contributed by atoms with Crippen LogP contribution in [-0.4, -0.2) is 4.57 Å². The monoisotopic (exact) mass is 770 g/mol. The van der Waals surface area contributed by atoms with E-state index < -0.39 is 0 Å². The second-order valence-electron chi connectivity index (χ2n) is 16.2. The molecule has 60 heavy (non-hydrogen) atoms. The number of hydrogen-bond acceptors (Lipinski definition) is 2. The predicted octanol–water partition coefficient (Wildman–Crippen LogP) is 16.1. The zero-order chi connectivity index (χ0) is 40.0. The molecule has 0 atom stereocenters. The summed E-state index contributed by atoms with van der Waals surface area (Å²) in [5.41, 5.74) is 16.1. The molecule has 0 fully saturated rings. The molecule has 0 radical (unpaired) electrons. The first-order chi connectivity index (χ1) is 29.7. The minimum Gasteiger partial charge on any atom is -0.454 e. The summed E-state index contributed by atoms with van der Waals surface area (Å²) in [6, 6.07) is 70.9. The molecule has 3 nitrogen and oxygen atoms in total. The Bertz CT molecular complexity index is 3440. The average molecular weight is 771 g/mol. The van der Waals surface area contributed by atoms with Gasteiger partial charge in [-0.05, 0) is 112 Å². The van der Waals surface area contributed by atoms with E-state index in [1.54, 1.807) is 0 Å². The van der Waals surface area contributed by atoms with E-state index in [2.05, 4.69) is 217 Å². The van der Waals surface area contributed by atoms with Gasteiger partial charge in [0.2, 0.25) is 0 Å². The SMILES string of the molecule is CCC1(CC)c2ccc3ccccc3c2-c2c1cc(N(c1ccc(-c3ccccc3)cc1)c1cccc3c1c1ccccc1n3-c1ccccc1)c1oc3ccccc3c21. The van der Waals surface area contributed by atoms with Crippen molar-refractivity contribution in [2.24, 2.45) is 0 Å². The third-order valence-corrected chi connectivity index (χ3v) is 13.5. The van der Waals surface area contributed by atoms with Crippen LogP contribution in [0.15, 0.2) is 199 Å². The first-order valence-electron chi connectivity index (χ1n) is 21.2. The zero-order valence-corrected chi connectivity index (χ0v) is 33.7. The lowest BCUT2D eigenvalue weighted by molar-refractivity contribution is 0.491. The molecule has 0 saturated heterocycles. The molecule has 0 aliphatic heterocycles. The van der Waals surface area contributed by atoms with Crippen LogP contribution >= 0.6 is 0 Å². The second-order valence-corrected chi connectivity index (χ2v) is 16.2. The van der Waals surface area contributed by atoms with Gasteiger partial charge in [0, 0.05) is 38.3 Å². The van der Waals surface area contributed by atoms with Crippen molar-refractivity contribution < 1.29 is 4.42 Å². The minimum atomic E-state index is -0.186. The first kappa shape index (κ1) is 34.7. The summed E-state index contributed by atoms with van der Waals surface area (Å²) < 4.78 is 9.62. The Labute approximate surface area is 349 Å². The van der Waals surface area contributed by atoms with Gasteiger partial charge in [0.25, 0.3) is 0 Å². The molecule has 0 spiro atoms. The fraction of sp³-hybridized carbons (Fsp3) is 0.0877. The highest BCUT2D eigenvalue weighted by Gasteiger charge is 2.44. The van der Waals surface area contributed by atoms with Gasteiger partial charge in [-0.25, -0.2) is 0 Å². The molecule has 2 heterocycles. The Kier molecular flexibility index (Phi) is 7.71. The quantitative estimate of drug-likeness (QED) is 0.161. The summed E-state index contributed by atoms with van der Waals surface area (Å²) in [7, 11) is 0. The van der Waals surface area contributed by atoms with Crippen LogP contribution in [0.25, 0.3) is 82.5 Å². The Balaban J connectivity index is 1.23. The highest BCUT2D eigenvalue weighted by atomic mass is 16.3. The molecule has 12 rings (SSSR count).